The highest BCUT2D eigenvalue weighted by Crippen LogP contribution is 2.35. The van der Waals surface area contributed by atoms with Crippen LogP contribution in [-0.2, 0) is 6.18 Å². The monoisotopic (exact) mass is 306 g/mol. The van der Waals surface area contributed by atoms with Gasteiger partial charge in [0.2, 0.25) is 0 Å². The van der Waals surface area contributed by atoms with Crippen LogP contribution in [-0.4, -0.2) is 49.4 Å². The third-order valence-corrected chi connectivity index (χ3v) is 2.61. The molecule has 2 N–H and O–H groups in total. The average molecular weight is 306 g/mol. The standard InChI is InChI=1S/C13H17F3N2O3/c1-18(7-8-19)12(20)17-6-9-21-11-5-3-2-4-10(11)13(14,15)16/h2-5,19H,6-9H2,1H3,(H,17,20). The summed E-state index contributed by atoms with van der Waals surface area (Å²) in [6, 6.07) is 4.45. The molecule has 0 aliphatic carbocycles. The number of carbonyl (C=O) groups is 1. The molecule has 0 fully saturated rings. The van der Waals surface area contributed by atoms with E-state index < -0.39 is 17.8 Å². The summed E-state index contributed by atoms with van der Waals surface area (Å²) in [6.07, 6.45) is -4.48. The van der Waals surface area contributed by atoms with Crippen molar-refractivity contribution in [3.63, 3.8) is 0 Å². The number of ether oxygens (including phenoxy) is 1. The van der Waals surface area contributed by atoms with E-state index in [-0.39, 0.29) is 32.1 Å². The fourth-order valence-corrected chi connectivity index (χ4v) is 1.53. The Labute approximate surface area is 120 Å². The zero-order valence-corrected chi connectivity index (χ0v) is 11.5. The Morgan fingerprint density at radius 2 is 2.05 bits per heavy atom. The molecule has 0 saturated heterocycles. The highest BCUT2D eigenvalue weighted by atomic mass is 19.4. The number of para-hydroxylation sites is 1. The Bertz CT molecular complexity index is 466. The molecular weight excluding hydrogens is 289 g/mol. The number of alkyl halides is 3. The van der Waals surface area contributed by atoms with Gasteiger partial charge in [0.1, 0.15) is 12.4 Å². The van der Waals surface area contributed by atoms with Gasteiger partial charge in [-0.3, -0.25) is 0 Å². The highest BCUT2D eigenvalue weighted by Gasteiger charge is 2.33. The van der Waals surface area contributed by atoms with E-state index in [0.29, 0.717) is 0 Å². The molecule has 2 amide bonds. The minimum absolute atomic E-state index is 0.0563. The van der Waals surface area contributed by atoms with Gasteiger partial charge < -0.3 is 20.1 Å². The molecule has 0 aromatic heterocycles. The van der Waals surface area contributed by atoms with Crippen LogP contribution in [0.5, 0.6) is 5.75 Å². The Kier molecular flexibility index (Phi) is 6.29. The van der Waals surface area contributed by atoms with Crippen LogP contribution in [0.4, 0.5) is 18.0 Å². The van der Waals surface area contributed by atoms with Crippen LogP contribution < -0.4 is 10.1 Å². The molecule has 1 aromatic rings. The molecule has 1 rings (SSSR count). The largest absolute Gasteiger partial charge is 0.491 e. The van der Waals surface area contributed by atoms with Gasteiger partial charge in [-0.05, 0) is 12.1 Å². The van der Waals surface area contributed by atoms with Crippen molar-refractivity contribution in [1.82, 2.24) is 10.2 Å². The van der Waals surface area contributed by atoms with Crippen LogP contribution in [0.1, 0.15) is 5.56 Å². The van der Waals surface area contributed by atoms with Crippen molar-refractivity contribution in [3.05, 3.63) is 29.8 Å². The van der Waals surface area contributed by atoms with Gasteiger partial charge in [-0.1, -0.05) is 12.1 Å². The number of nitrogens with one attached hydrogen (secondary N) is 1. The Morgan fingerprint density at radius 1 is 1.38 bits per heavy atom. The minimum Gasteiger partial charge on any atom is -0.491 e. The summed E-state index contributed by atoms with van der Waals surface area (Å²) in [7, 11) is 1.49. The number of aliphatic hydroxyl groups is 1. The first kappa shape index (κ1) is 17.1. The first-order chi connectivity index (χ1) is 9.86. The summed E-state index contributed by atoms with van der Waals surface area (Å²) in [6.45, 7) is -0.0322. The second kappa shape index (κ2) is 7.72. The van der Waals surface area contributed by atoms with Crippen molar-refractivity contribution < 1.29 is 27.8 Å². The summed E-state index contributed by atoms with van der Waals surface area (Å²) < 4.78 is 43.1. The van der Waals surface area contributed by atoms with Crippen molar-refractivity contribution in [3.8, 4) is 5.75 Å². The molecule has 0 aliphatic heterocycles. The smallest absolute Gasteiger partial charge is 0.419 e. The third kappa shape index (κ3) is 5.50. The quantitative estimate of drug-likeness (QED) is 0.787. The van der Waals surface area contributed by atoms with Crippen LogP contribution in [0.3, 0.4) is 0 Å². The van der Waals surface area contributed by atoms with E-state index in [9.17, 15) is 18.0 Å². The number of urea groups is 1. The van der Waals surface area contributed by atoms with Crippen LogP contribution in [0, 0.1) is 0 Å². The van der Waals surface area contributed by atoms with Crippen LogP contribution in [0.2, 0.25) is 0 Å². The molecule has 1 aromatic carbocycles. The van der Waals surface area contributed by atoms with Crippen molar-refractivity contribution in [1.29, 1.82) is 0 Å². The minimum atomic E-state index is -4.48. The summed E-state index contributed by atoms with van der Waals surface area (Å²) >= 11 is 0. The second-order valence-electron chi connectivity index (χ2n) is 4.22. The van der Waals surface area contributed by atoms with Gasteiger partial charge in [-0.25, -0.2) is 4.79 Å². The number of nitrogens with zero attached hydrogens (tertiary/aromatic N) is 1. The SMILES string of the molecule is CN(CCO)C(=O)NCCOc1ccccc1C(F)(F)F. The van der Waals surface area contributed by atoms with Crippen LogP contribution in [0.25, 0.3) is 0 Å². The molecule has 0 unspecified atom stereocenters. The number of amides is 2. The predicted molar refractivity (Wildman–Crippen MR) is 70.1 cm³/mol. The van der Waals surface area contributed by atoms with E-state index in [1.165, 1.54) is 30.1 Å². The molecule has 0 atom stereocenters. The molecule has 0 spiro atoms. The molecule has 118 valence electrons. The zero-order chi connectivity index (χ0) is 15.9. The Morgan fingerprint density at radius 3 is 2.67 bits per heavy atom. The van der Waals surface area contributed by atoms with E-state index in [1.807, 2.05) is 0 Å². The lowest BCUT2D eigenvalue weighted by Gasteiger charge is -2.17. The predicted octanol–water partition coefficient (Wildman–Crippen LogP) is 1.72. The van der Waals surface area contributed by atoms with Crippen molar-refractivity contribution in [2.45, 2.75) is 6.18 Å². The van der Waals surface area contributed by atoms with Crippen molar-refractivity contribution in [2.24, 2.45) is 0 Å². The van der Waals surface area contributed by atoms with Gasteiger partial charge in [-0.15, -0.1) is 0 Å². The summed E-state index contributed by atoms with van der Waals surface area (Å²) in [5.74, 6) is -0.275. The maximum absolute atomic E-state index is 12.7. The second-order valence-corrected chi connectivity index (χ2v) is 4.22. The number of halogens is 3. The molecule has 5 nitrogen and oxygen atoms in total. The molecule has 0 saturated carbocycles. The summed E-state index contributed by atoms with van der Waals surface area (Å²) in [5, 5.41) is 11.1. The summed E-state index contributed by atoms with van der Waals surface area (Å²) in [4.78, 5) is 12.7. The van der Waals surface area contributed by atoms with Crippen molar-refractivity contribution >= 4 is 6.03 Å². The number of aliphatic hydroxyl groups excluding tert-OH is 1. The number of rotatable bonds is 6. The van der Waals surface area contributed by atoms with Crippen LogP contribution in [0.15, 0.2) is 24.3 Å². The van der Waals surface area contributed by atoms with Gasteiger partial charge in [0.15, 0.2) is 0 Å². The first-order valence-electron chi connectivity index (χ1n) is 6.25. The number of carbonyl (C=O) groups excluding carboxylic acids is 1. The zero-order valence-electron chi connectivity index (χ0n) is 11.5. The maximum Gasteiger partial charge on any atom is 0.419 e. The molecule has 0 aliphatic rings. The van der Waals surface area contributed by atoms with E-state index in [0.717, 1.165) is 6.07 Å². The molecule has 21 heavy (non-hydrogen) atoms. The lowest BCUT2D eigenvalue weighted by Crippen LogP contribution is -2.40. The third-order valence-electron chi connectivity index (χ3n) is 2.61. The number of hydrogen-bond acceptors (Lipinski definition) is 3. The van der Waals surface area contributed by atoms with E-state index in [1.54, 1.807) is 0 Å². The van der Waals surface area contributed by atoms with Gasteiger partial charge in [0, 0.05) is 13.6 Å². The molecule has 0 bridgehead atoms. The average Bonchev–Trinajstić information content (AvgIpc) is 2.43. The maximum atomic E-state index is 12.7. The Balaban J connectivity index is 2.45. The van der Waals surface area contributed by atoms with Crippen molar-refractivity contribution in [2.75, 3.05) is 33.4 Å². The fraction of sp³-hybridized carbons (Fsp3) is 0.462. The topological polar surface area (TPSA) is 61.8 Å². The fourth-order valence-electron chi connectivity index (χ4n) is 1.53. The normalized spacial score (nSPS) is 11.1. The van der Waals surface area contributed by atoms with E-state index in [2.05, 4.69) is 5.32 Å². The van der Waals surface area contributed by atoms with E-state index >= 15 is 0 Å². The Hall–Kier alpha value is -1.96. The van der Waals surface area contributed by atoms with Gasteiger partial charge in [0.25, 0.3) is 0 Å². The first-order valence-corrected chi connectivity index (χ1v) is 6.25. The van der Waals surface area contributed by atoms with Crippen LogP contribution >= 0.6 is 0 Å². The van der Waals surface area contributed by atoms with Gasteiger partial charge >= 0.3 is 12.2 Å². The number of likely N-dealkylation sites (N-methyl/N-ethyl adjacent to an activating group) is 1. The molecular formula is C13H17F3N2O3. The molecule has 0 heterocycles. The van der Waals surface area contributed by atoms with Gasteiger partial charge in [0.05, 0.1) is 18.7 Å². The lowest BCUT2D eigenvalue weighted by molar-refractivity contribution is -0.138. The molecule has 0 radical (unpaired) electrons. The van der Waals surface area contributed by atoms with Gasteiger partial charge in [-0.2, -0.15) is 13.2 Å². The highest BCUT2D eigenvalue weighted by molar-refractivity contribution is 5.73. The van der Waals surface area contributed by atoms with E-state index in [4.69, 9.17) is 9.84 Å². The molecule has 8 heteroatoms. The number of hydrogen-bond donors (Lipinski definition) is 2. The lowest BCUT2D eigenvalue weighted by atomic mass is 10.2. The number of benzene rings is 1. The summed E-state index contributed by atoms with van der Waals surface area (Å²) in [5.41, 5.74) is -0.853.